The molecule has 0 amide bonds. The number of hydrogen-bond acceptors (Lipinski definition) is 2. The predicted octanol–water partition coefficient (Wildman–Crippen LogP) is 3.36. The SMILES string of the molecule is O=C(O)C(CS(=O)c1cc(Cl)ccc1Cl)C(F)(F)F. The number of hydrogen-bond donors (Lipinski definition) is 1. The largest absolute Gasteiger partial charge is 0.481 e. The standard InChI is InChI=1S/C10H7Cl2F3O3S/c11-5-1-2-7(12)8(3-5)19(18)4-6(9(16)17)10(13,14)15/h1-3,6H,4H2,(H,16,17). The number of alkyl halides is 3. The zero-order valence-corrected chi connectivity index (χ0v) is 11.4. The van der Waals surface area contributed by atoms with Gasteiger partial charge in [-0.05, 0) is 18.2 Å². The van der Waals surface area contributed by atoms with Crippen LogP contribution < -0.4 is 0 Å². The van der Waals surface area contributed by atoms with E-state index in [4.69, 9.17) is 28.3 Å². The smallest absolute Gasteiger partial charge is 0.403 e. The van der Waals surface area contributed by atoms with Crippen LogP contribution in [-0.4, -0.2) is 27.2 Å². The monoisotopic (exact) mass is 334 g/mol. The lowest BCUT2D eigenvalue weighted by molar-refractivity contribution is -0.188. The van der Waals surface area contributed by atoms with Gasteiger partial charge in [-0.3, -0.25) is 9.00 Å². The minimum Gasteiger partial charge on any atom is -0.481 e. The summed E-state index contributed by atoms with van der Waals surface area (Å²) < 4.78 is 49.1. The molecule has 1 N–H and O–H groups in total. The van der Waals surface area contributed by atoms with Gasteiger partial charge in [-0.25, -0.2) is 0 Å². The molecule has 0 radical (unpaired) electrons. The van der Waals surface area contributed by atoms with Crippen molar-refractivity contribution >= 4 is 40.0 Å². The van der Waals surface area contributed by atoms with Gasteiger partial charge in [0.05, 0.1) is 26.5 Å². The quantitative estimate of drug-likeness (QED) is 0.918. The Bertz CT molecular complexity index is 519. The van der Waals surface area contributed by atoms with Crippen LogP contribution in [0.25, 0.3) is 0 Å². The third kappa shape index (κ3) is 4.36. The van der Waals surface area contributed by atoms with Gasteiger partial charge < -0.3 is 5.11 Å². The molecule has 0 aromatic heterocycles. The fraction of sp³-hybridized carbons (Fsp3) is 0.300. The fourth-order valence-electron chi connectivity index (χ4n) is 1.20. The normalized spacial score (nSPS) is 15.0. The van der Waals surface area contributed by atoms with Crippen LogP contribution in [0, 0.1) is 5.92 Å². The fourth-order valence-corrected chi connectivity index (χ4v) is 3.17. The Morgan fingerprint density at radius 2 is 1.95 bits per heavy atom. The zero-order valence-electron chi connectivity index (χ0n) is 9.08. The van der Waals surface area contributed by atoms with Crippen molar-refractivity contribution in [2.45, 2.75) is 11.1 Å². The summed E-state index contributed by atoms with van der Waals surface area (Å²) in [4.78, 5) is 10.4. The molecule has 0 bridgehead atoms. The Labute approximate surface area is 118 Å². The molecule has 1 rings (SSSR count). The van der Waals surface area contributed by atoms with Gasteiger partial charge in [-0.1, -0.05) is 23.2 Å². The minimum atomic E-state index is -4.98. The van der Waals surface area contributed by atoms with Crippen LogP contribution in [0.4, 0.5) is 13.2 Å². The number of carboxylic acid groups (broad SMARTS) is 1. The first kappa shape index (κ1) is 16.3. The van der Waals surface area contributed by atoms with Gasteiger partial charge in [0.1, 0.15) is 0 Å². The van der Waals surface area contributed by atoms with E-state index in [0.29, 0.717) is 0 Å². The van der Waals surface area contributed by atoms with Crippen LogP contribution >= 0.6 is 23.2 Å². The third-order valence-corrected chi connectivity index (χ3v) is 4.29. The molecule has 0 saturated carbocycles. The van der Waals surface area contributed by atoms with Gasteiger partial charge in [0.15, 0.2) is 5.92 Å². The number of benzene rings is 1. The summed E-state index contributed by atoms with van der Waals surface area (Å²) in [6.45, 7) is 0. The maximum Gasteiger partial charge on any atom is 0.403 e. The maximum absolute atomic E-state index is 12.5. The molecule has 9 heteroatoms. The second-order valence-electron chi connectivity index (χ2n) is 3.52. The van der Waals surface area contributed by atoms with Crippen molar-refractivity contribution in [3.05, 3.63) is 28.2 Å². The van der Waals surface area contributed by atoms with Crippen LogP contribution in [0.15, 0.2) is 23.1 Å². The second-order valence-corrected chi connectivity index (χ2v) is 5.83. The molecule has 2 atom stereocenters. The topological polar surface area (TPSA) is 54.4 Å². The lowest BCUT2D eigenvalue weighted by Crippen LogP contribution is -2.35. The van der Waals surface area contributed by atoms with Crippen LogP contribution in [-0.2, 0) is 15.6 Å². The molecule has 3 nitrogen and oxygen atoms in total. The Hall–Kier alpha value is -0.790. The molecule has 0 heterocycles. The highest BCUT2D eigenvalue weighted by Crippen LogP contribution is 2.30. The van der Waals surface area contributed by atoms with Gasteiger partial charge in [-0.2, -0.15) is 13.2 Å². The summed E-state index contributed by atoms with van der Waals surface area (Å²) in [5.41, 5.74) is 0. The molecule has 19 heavy (non-hydrogen) atoms. The van der Waals surface area contributed by atoms with Crippen LogP contribution in [0.3, 0.4) is 0 Å². The molecule has 106 valence electrons. The Balaban J connectivity index is 3.01. The van der Waals surface area contributed by atoms with Gasteiger partial charge in [0.2, 0.25) is 0 Å². The molecular weight excluding hydrogens is 328 g/mol. The summed E-state index contributed by atoms with van der Waals surface area (Å²) >= 11 is 11.3. The maximum atomic E-state index is 12.5. The van der Waals surface area contributed by atoms with E-state index >= 15 is 0 Å². The molecule has 0 fully saturated rings. The molecule has 1 aromatic carbocycles. The van der Waals surface area contributed by atoms with E-state index in [1.54, 1.807) is 0 Å². The number of carbonyl (C=O) groups is 1. The van der Waals surface area contributed by atoms with E-state index in [-0.39, 0.29) is 14.9 Å². The predicted molar refractivity (Wildman–Crippen MR) is 64.9 cm³/mol. The molecule has 0 aliphatic heterocycles. The molecule has 0 aliphatic rings. The minimum absolute atomic E-state index is 0.0333. The number of carboxylic acids is 1. The molecular formula is C10H7Cl2F3O3S. The summed E-state index contributed by atoms with van der Waals surface area (Å²) in [5.74, 6) is -5.92. The Morgan fingerprint density at radius 3 is 2.42 bits per heavy atom. The van der Waals surface area contributed by atoms with Crippen molar-refractivity contribution in [1.29, 1.82) is 0 Å². The summed E-state index contributed by atoms with van der Waals surface area (Å²) in [7, 11) is -2.22. The summed E-state index contributed by atoms with van der Waals surface area (Å²) in [6.07, 6.45) is -4.98. The highest BCUT2D eigenvalue weighted by atomic mass is 35.5. The molecule has 1 aromatic rings. The van der Waals surface area contributed by atoms with Crippen LogP contribution in [0.2, 0.25) is 10.0 Å². The van der Waals surface area contributed by atoms with Crippen molar-refractivity contribution in [2.75, 3.05) is 5.75 Å². The van der Waals surface area contributed by atoms with Crippen molar-refractivity contribution < 1.29 is 27.3 Å². The molecule has 0 spiro atoms. The Morgan fingerprint density at radius 1 is 1.37 bits per heavy atom. The average molecular weight is 335 g/mol. The second kappa shape index (κ2) is 6.11. The molecule has 2 unspecified atom stereocenters. The summed E-state index contributed by atoms with van der Waals surface area (Å²) in [5, 5.41) is 8.63. The van der Waals surface area contributed by atoms with E-state index in [9.17, 15) is 22.2 Å². The van der Waals surface area contributed by atoms with E-state index < -0.39 is 34.6 Å². The van der Waals surface area contributed by atoms with Gasteiger partial charge in [0, 0.05) is 5.02 Å². The highest BCUT2D eigenvalue weighted by Gasteiger charge is 2.46. The van der Waals surface area contributed by atoms with Gasteiger partial charge in [-0.15, -0.1) is 0 Å². The first-order chi connectivity index (χ1) is 8.62. The van der Waals surface area contributed by atoms with E-state index in [0.717, 1.165) is 6.07 Å². The lowest BCUT2D eigenvalue weighted by Gasteiger charge is -2.15. The number of aliphatic carboxylic acids is 1. The first-order valence-corrected chi connectivity index (χ1v) is 6.83. The Kier molecular flexibility index (Phi) is 5.23. The molecule has 0 aliphatic carbocycles. The third-order valence-electron chi connectivity index (χ3n) is 2.15. The highest BCUT2D eigenvalue weighted by molar-refractivity contribution is 7.85. The van der Waals surface area contributed by atoms with Crippen molar-refractivity contribution in [2.24, 2.45) is 5.92 Å². The van der Waals surface area contributed by atoms with Crippen LogP contribution in [0.1, 0.15) is 0 Å². The van der Waals surface area contributed by atoms with Crippen molar-refractivity contribution in [1.82, 2.24) is 0 Å². The number of halogens is 5. The zero-order chi connectivity index (χ0) is 14.8. The summed E-state index contributed by atoms with van der Waals surface area (Å²) in [6, 6.07) is 3.80. The van der Waals surface area contributed by atoms with Crippen molar-refractivity contribution in [3.8, 4) is 0 Å². The lowest BCUT2D eigenvalue weighted by atomic mass is 10.2. The average Bonchev–Trinajstić information content (AvgIpc) is 2.26. The first-order valence-electron chi connectivity index (χ1n) is 4.76. The van der Waals surface area contributed by atoms with Crippen molar-refractivity contribution in [3.63, 3.8) is 0 Å². The van der Waals surface area contributed by atoms with Gasteiger partial charge >= 0.3 is 12.1 Å². The van der Waals surface area contributed by atoms with E-state index in [2.05, 4.69) is 0 Å². The van der Waals surface area contributed by atoms with Gasteiger partial charge in [0.25, 0.3) is 0 Å². The van der Waals surface area contributed by atoms with Crippen LogP contribution in [0.5, 0.6) is 0 Å². The van der Waals surface area contributed by atoms with E-state index in [1.165, 1.54) is 12.1 Å². The number of rotatable bonds is 4. The molecule has 0 saturated heterocycles. The van der Waals surface area contributed by atoms with E-state index in [1.807, 2.05) is 0 Å².